The smallest absolute Gasteiger partial charge is 0.0719 e. The summed E-state index contributed by atoms with van der Waals surface area (Å²) in [5.41, 5.74) is 6.41. The highest BCUT2D eigenvalue weighted by Gasteiger charge is 2.22. The molecule has 0 saturated carbocycles. The third-order valence-corrected chi connectivity index (χ3v) is 7.76. The average Bonchev–Trinajstić information content (AvgIpc) is 3.17. The fourth-order valence-corrected chi connectivity index (χ4v) is 5.59. The van der Waals surface area contributed by atoms with E-state index in [1.165, 1.54) is 42.4 Å². The van der Waals surface area contributed by atoms with Gasteiger partial charge >= 0.3 is 0 Å². The Morgan fingerprint density at radius 2 is 1.39 bits per heavy atom. The average molecular weight is 422 g/mol. The maximum Gasteiger partial charge on any atom is 0.0719 e. The van der Waals surface area contributed by atoms with E-state index in [0.29, 0.717) is 5.92 Å². The van der Waals surface area contributed by atoms with Crippen LogP contribution in [0.15, 0.2) is 85.1 Å². The summed E-state index contributed by atoms with van der Waals surface area (Å²) >= 11 is 1.88. The molecule has 1 nitrogen and oxygen atoms in total. The summed E-state index contributed by atoms with van der Waals surface area (Å²) in [6.45, 7) is 9.21. The van der Waals surface area contributed by atoms with Crippen molar-refractivity contribution >= 4 is 31.5 Å². The van der Waals surface area contributed by atoms with Crippen molar-refractivity contribution in [3.63, 3.8) is 0 Å². The predicted molar refractivity (Wildman–Crippen MR) is 136 cm³/mol. The zero-order chi connectivity index (χ0) is 21.6. The first-order valence-corrected chi connectivity index (χ1v) is 11.7. The molecule has 2 aromatic heterocycles. The predicted octanol–water partition coefficient (Wildman–Crippen LogP) is 8.93. The minimum Gasteiger partial charge on any atom is -0.256 e. The van der Waals surface area contributed by atoms with Gasteiger partial charge in [0.05, 0.1) is 5.69 Å². The van der Waals surface area contributed by atoms with Crippen LogP contribution in [0.25, 0.3) is 42.6 Å². The van der Waals surface area contributed by atoms with E-state index in [1.807, 2.05) is 17.5 Å². The molecule has 0 saturated heterocycles. The second-order valence-corrected chi connectivity index (χ2v) is 10.4. The van der Waals surface area contributed by atoms with Crippen LogP contribution in [0.4, 0.5) is 0 Å². The van der Waals surface area contributed by atoms with Gasteiger partial charge in [0.15, 0.2) is 0 Å². The lowest BCUT2D eigenvalue weighted by Crippen LogP contribution is -2.15. The molecule has 5 aromatic rings. The molecule has 0 radical (unpaired) electrons. The Labute approximate surface area is 188 Å². The molecule has 0 amide bonds. The van der Waals surface area contributed by atoms with Crippen molar-refractivity contribution in [3.05, 3.63) is 90.6 Å². The molecule has 5 rings (SSSR count). The SMILES string of the molecule is CC(c1ccnc(-c2cccc3c2sc2c(-c4ccccc4)cccc23)c1)C(C)(C)C. The summed E-state index contributed by atoms with van der Waals surface area (Å²) in [5.74, 6) is 0.459. The Kier molecular flexibility index (Phi) is 4.91. The molecule has 2 heterocycles. The molecule has 31 heavy (non-hydrogen) atoms. The van der Waals surface area contributed by atoms with Crippen molar-refractivity contribution < 1.29 is 0 Å². The quantitative estimate of drug-likeness (QED) is 0.283. The van der Waals surface area contributed by atoms with Crippen molar-refractivity contribution in [2.75, 3.05) is 0 Å². The standard InChI is InChI=1S/C29H27NS/c1-19(29(2,3)4)21-16-17-30-26(18-21)25-15-9-14-24-23-13-8-12-22(27(23)31-28(24)25)20-10-6-5-7-11-20/h5-19H,1-4H3. The number of pyridine rings is 1. The van der Waals surface area contributed by atoms with Gasteiger partial charge in [0.2, 0.25) is 0 Å². The van der Waals surface area contributed by atoms with Crippen LogP contribution in [-0.2, 0) is 0 Å². The number of fused-ring (bicyclic) bond motifs is 3. The first-order valence-electron chi connectivity index (χ1n) is 10.9. The summed E-state index contributed by atoms with van der Waals surface area (Å²) in [6, 6.07) is 28.4. The minimum atomic E-state index is 0.215. The number of benzene rings is 3. The topological polar surface area (TPSA) is 12.9 Å². The molecule has 2 heteroatoms. The van der Waals surface area contributed by atoms with Gasteiger partial charge < -0.3 is 0 Å². The van der Waals surface area contributed by atoms with Crippen molar-refractivity contribution in [2.45, 2.75) is 33.6 Å². The van der Waals surface area contributed by atoms with Gasteiger partial charge in [-0.2, -0.15) is 0 Å². The summed E-state index contributed by atoms with van der Waals surface area (Å²) < 4.78 is 2.66. The molecule has 1 atom stereocenters. The Bertz CT molecular complexity index is 1370. The molecule has 3 aromatic carbocycles. The van der Waals surface area contributed by atoms with Gasteiger partial charge in [-0.3, -0.25) is 4.98 Å². The van der Waals surface area contributed by atoms with E-state index in [9.17, 15) is 0 Å². The molecular weight excluding hydrogens is 394 g/mol. The van der Waals surface area contributed by atoms with E-state index in [-0.39, 0.29) is 5.41 Å². The summed E-state index contributed by atoms with van der Waals surface area (Å²) in [5, 5.41) is 2.63. The van der Waals surface area contributed by atoms with Gasteiger partial charge in [0.1, 0.15) is 0 Å². The van der Waals surface area contributed by atoms with Gasteiger partial charge in [0, 0.05) is 31.9 Å². The van der Waals surface area contributed by atoms with E-state index in [2.05, 4.69) is 107 Å². The van der Waals surface area contributed by atoms with Crippen LogP contribution in [0.5, 0.6) is 0 Å². The largest absolute Gasteiger partial charge is 0.256 e. The van der Waals surface area contributed by atoms with Crippen molar-refractivity contribution in [2.24, 2.45) is 5.41 Å². The number of nitrogens with zero attached hydrogens (tertiary/aromatic N) is 1. The highest BCUT2D eigenvalue weighted by Crippen LogP contribution is 2.44. The third-order valence-electron chi connectivity index (χ3n) is 6.47. The molecule has 0 aliphatic carbocycles. The fraction of sp³-hybridized carbons (Fsp3) is 0.207. The third kappa shape index (κ3) is 3.55. The Morgan fingerprint density at radius 1 is 0.742 bits per heavy atom. The lowest BCUT2D eigenvalue weighted by molar-refractivity contribution is 0.339. The van der Waals surface area contributed by atoms with E-state index >= 15 is 0 Å². The number of aromatic nitrogens is 1. The Hall–Kier alpha value is -2.97. The molecule has 1 unspecified atom stereocenters. The van der Waals surface area contributed by atoms with Crippen LogP contribution in [0, 0.1) is 5.41 Å². The maximum atomic E-state index is 4.78. The zero-order valence-electron chi connectivity index (χ0n) is 18.5. The van der Waals surface area contributed by atoms with Crippen LogP contribution in [0.3, 0.4) is 0 Å². The normalized spacial score (nSPS) is 13.0. The Balaban J connectivity index is 1.72. The fourth-order valence-electron chi connectivity index (χ4n) is 4.23. The van der Waals surface area contributed by atoms with Crippen LogP contribution in [0.1, 0.15) is 39.2 Å². The van der Waals surface area contributed by atoms with Crippen LogP contribution < -0.4 is 0 Å². The van der Waals surface area contributed by atoms with Gasteiger partial charge in [-0.05, 0) is 40.2 Å². The molecule has 0 N–H and O–H groups in total. The summed E-state index contributed by atoms with van der Waals surface area (Å²) in [4.78, 5) is 4.78. The van der Waals surface area contributed by atoms with E-state index in [4.69, 9.17) is 4.98 Å². The second kappa shape index (κ2) is 7.62. The zero-order valence-corrected chi connectivity index (χ0v) is 19.3. The molecule has 0 aliphatic heterocycles. The number of hydrogen-bond acceptors (Lipinski definition) is 2. The molecule has 0 spiro atoms. The number of thiophene rings is 1. The van der Waals surface area contributed by atoms with Gasteiger partial charge in [0.25, 0.3) is 0 Å². The lowest BCUT2D eigenvalue weighted by Gasteiger charge is -2.27. The van der Waals surface area contributed by atoms with Crippen LogP contribution in [-0.4, -0.2) is 4.98 Å². The van der Waals surface area contributed by atoms with Crippen LogP contribution in [0.2, 0.25) is 0 Å². The highest BCUT2D eigenvalue weighted by atomic mass is 32.1. The van der Waals surface area contributed by atoms with Gasteiger partial charge in [-0.1, -0.05) is 94.4 Å². The first-order chi connectivity index (χ1) is 14.9. The molecule has 154 valence electrons. The molecular formula is C29H27NS. The van der Waals surface area contributed by atoms with E-state index in [1.54, 1.807) is 0 Å². The number of hydrogen-bond donors (Lipinski definition) is 0. The van der Waals surface area contributed by atoms with Crippen molar-refractivity contribution in [3.8, 4) is 22.4 Å². The van der Waals surface area contributed by atoms with E-state index < -0.39 is 0 Å². The van der Waals surface area contributed by atoms with E-state index in [0.717, 1.165) is 5.69 Å². The van der Waals surface area contributed by atoms with Crippen LogP contribution >= 0.6 is 11.3 Å². The number of rotatable bonds is 3. The monoisotopic (exact) mass is 421 g/mol. The highest BCUT2D eigenvalue weighted by molar-refractivity contribution is 7.26. The lowest BCUT2D eigenvalue weighted by atomic mass is 9.78. The van der Waals surface area contributed by atoms with Gasteiger partial charge in [-0.15, -0.1) is 11.3 Å². The summed E-state index contributed by atoms with van der Waals surface area (Å²) in [6.07, 6.45) is 1.97. The second-order valence-electron chi connectivity index (χ2n) is 9.39. The maximum absolute atomic E-state index is 4.78. The molecule has 0 fully saturated rings. The molecule has 0 bridgehead atoms. The summed E-state index contributed by atoms with van der Waals surface area (Å²) in [7, 11) is 0. The van der Waals surface area contributed by atoms with Crippen molar-refractivity contribution in [1.82, 2.24) is 4.98 Å². The van der Waals surface area contributed by atoms with Crippen molar-refractivity contribution in [1.29, 1.82) is 0 Å². The van der Waals surface area contributed by atoms with Gasteiger partial charge in [-0.25, -0.2) is 0 Å². The first kappa shape index (κ1) is 20.0. The molecule has 0 aliphatic rings. The minimum absolute atomic E-state index is 0.215. The Morgan fingerprint density at radius 3 is 2.06 bits per heavy atom.